The van der Waals surface area contributed by atoms with Crippen LogP contribution in [0.5, 0.6) is 0 Å². The molecule has 138 valence electrons. The number of piperidine rings is 1. The molecule has 0 aliphatic carbocycles. The van der Waals surface area contributed by atoms with Gasteiger partial charge in [-0.05, 0) is 43.0 Å². The number of amides is 3. The summed E-state index contributed by atoms with van der Waals surface area (Å²) < 4.78 is 0. The molecule has 3 aliphatic rings. The number of carbonyl (C=O) groups is 3. The van der Waals surface area contributed by atoms with Crippen LogP contribution in [0.15, 0.2) is 18.2 Å². The molecule has 0 saturated carbocycles. The molecule has 7 heteroatoms. The maximum Gasteiger partial charge on any atom is 0.255 e. The highest BCUT2D eigenvalue weighted by Crippen LogP contribution is 2.28. The normalized spacial score (nSPS) is 25.5. The fourth-order valence-electron chi connectivity index (χ4n) is 4.03. The van der Waals surface area contributed by atoms with Crippen molar-refractivity contribution >= 4 is 17.7 Å². The first-order valence-electron chi connectivity index (χ1n) is 9.32. The van der Waals surface area contributed by atoms with Crippen LogP contribution in [0, 0.1) is 0 Å². The van der Waals surface area contributed by atoms with Crippen LogP contribution in [0.1, 0.15) is 47.2 Å². The van der Waals surface area contributed by atoms with Gasteiger partial charge in [0.25, 0.3) is 5.91 Å². The monoisotopic (exact) mass is 356 g/mol. The van der Waals surface area contributed by atoms with E-state index in [9.17, 15) is 14.4 Å². The van der Waals surface area contributed by atoms with E-state index in [4.69, 9.17) is 0 Å². The molecule has 3 N–H and O–H groups in total. The van der Waals surface area contributed by atoms with Crippen molar-refractivity contribution in [2.45, 2.75) is 50.9 Å². The Morgan fingerprint density at radius 3 is 2.85 bits per heavy atom. The van der Waals surface area contributed by atoms with Gasteiger partial charge in [0.2, 0.25) is 11.8 Å². The van der Waals surface area contributed by atoms with Gasteiger partial charge in [-0.2, -0.15) is 0 Å². The lowest BCUT2D eigenvalue weighted by atomic mass is 10.0. The average molecular weight is 356 g/mol. The predicted molar refractivity (Wildman–Crippen MR) is 95.2 cm³/mol. The molecule has 0 spiro atoms. The molecule has 1 unspecified atom stereocenters. The highest BCUT2D eigenvalue weighted by Gasteiger charge is 2.39. The Morgan fingerprint density at radius 1 is 1.19 bits per heavy atom. The lowest BCUT2D eigenvalue weighted by molar-refractivity contribution is -0.136. The Kier molecular flexibility index (Phi) is 4.74. The van der Waals surface area contributed by atoms with E-state index in [0.29, 0.717) is 24.6 Å². The van der Waals surface area contributed by atoms with Crippen molar-refractivity contribution in [3.63, 3.8) is 0 Å². The number of hydrogen-bond acceptors (Lipinski definition) is 5. The van der Waals surface area contributed by atoms with E-state index in [1.54, 1.807) is 4.90 Å². The highest BCUT2D eigenvalue weighted by atomic mass is 16.2. The lowest BCUT2D eigenvalue weighted by Crippen LogP contribution is -2.52. The number of nitrogens with zero attached hydrogens (tertiary/aromatic N) is 1. The number of hydrogen-bond donors (Lipinski definition) is 3. The van der Waals surface area contributed by atoms with Crippen molar-refractivity contribution in [2.24, 2.45) is 0 Å². The SMILES string of the molecule is O=C1CCC(N2Cc3ccc(CNC[C@H]4CCCN4)cc3C2=O)C(=O)N1. The van der Waals surface area contributed by atoms with Crippen molar-refractivity contribution < 1.29 is 14.4 Å². The summed E-state index contributed by atoms with van der Waals surface area (Å²) in [7, 11) is 0. The average Bonchev–Trinajstić information content (AvgIpc) is 3.24. The summed E-state index contributed by atoms with van der Waals surface area (Å²) in [4.78, 5) is 37.8. The smallest absolute Gasteiger partial charge is 0.255 e. The third kappa shape index (κ3) is 3.37. The van der Waals surface area contributed by atoms with Gasteiger partial charge in [-0.15, -0.1) is 0 Å². The van der Waals surface area contributed by atoms with Gasteiger partial charge in [0.15, 0.2) is 0 Å². The first kappa shape index (κ1) is 17.2. The topological polar surface area (TPSA) is 90.5 Å². The van der Waals surface area contributed by atoms with Gasteiger partial charge in [0.1, 0.15) is 6.04 Å². The lowest BCUT2D eigenvalue weighted by Gasteiger charge is -2.29. The summed E-state index contributed by atoms with van der Waals surface area (Å²) in [6.45, 7) is 3.17. The van der Waals surface area contributed by atoms with Crippen LogP contribution in [0.3, 0.4) is 0 Å². The van der Waals surface area contributed by atoms with E-state index in [2.05, 4.69) is 16.0 Å². The summed E-state index contributed by atoms with van der Waals surface area (Å²) in [6, 6.07) is 5.93. The number of benzene rings is 1. The van der Waals surface area contributed by atoms with E-state index in [1.165, 1.54) is 12.8 Å². The third-order valence-corrected chi connectivity index (χ3v) is 5.47. The second-order valence-electron chi connectivity index (χ2n) is 7.32. The largest absolute Gasteiger partial charge is 0.322 e. The highest BCUT2D eigenvalue weighted by molar-refractivity contribution is 6.05. The van der Waals surface area contributed by atoms with Gasteiger partial charge >= 0.3 is 0 Å². The molecule has 1 aromatic carbocycles. The summed E-state index contributed by atoms with van der Waals surface area (Å²) in [5.41, 5.74) is 2.69. The first-order chi connectivity index (χ1) is 12.6. The van der Waals surface area contributed by atoms with Crippen molar-refractivity contribution in [1.29, 1.82) is 0 Å². The quantitative estimate of drug-likeness (QED) is 0.660. The van der Waals surface area contributed by atoms with Gasteiger partial charge in [-0.3, -0.25) is 19.7 Å². The minimum Gasteiger partial charge on any atom is -0.322 e. The summed E-state index contributed by atoms with van der Waals surface area (Å²) >= 11 is 0. The first-order valence-corrected chi connectivity index (χ1v) is 9.32. The van der Waals surface area contributed by atoms with Crippen molar-refractivity contribution in [3.05, 3.63) is 34.9 Å². The molecule has 0 bridgehead atoms. The molecule has 26 heavy (non-hydrogen) atoms. The van der Waals surface area contributed by atoms with Crippen LogP contribution in [-0.4, -0.2) is 47.8 Å². The number of imide groups is 1. The van der Waals surface area contributed by atoms with Crippen molar-refractivity contribution in [2.75, 3.05) is 13.1 Å². The van der Waals surface area contributed by atoms with Gasteiger partial charge in [0, 0.05) is 37.7 Å². The minimum absolute atomic E-state index is 0.117. The molecule has 2 atom stereocenters. The van der Waals surface area contributed by atoms with Crippen molar-refractivity contribution in [3.8, 4) is 0 Å². The van der Waals surface area contributed by atoms with Gasteiger partial charge in [-0.1, -0.05) is 12.1 Å². The van der Waals surface area contributed by atoms with E-state index in [1.807, 2.05) is 18.2 Å². The Hall–Kier alpha value is -2.25. The third-order valence-electron chi connectivity index (χ3n) is 5.47. The van der Waals surface area contributed by atoms with Crippen LogP contribution in [0.25, 0.3) is 0 Å². The van der Waals surface area contributed by atoms with Crippen LogP contribution >= 0.6 is 0 Å². The Labute approximate surface area is 152 Å². The zero-order valence-electron chi connectivity index (χ0n) is 14.7. The summed E-state index contributed by atoms with van der Waals surface area (Å²) in [5.74, 6) is -0.748. The molecule has 1 aromatic rings. The summed E-state index contributed by atoms with van der Waals surface area (Å²) in [6.07, 6.45) is 3.11. The van der Waals surface area contributed by atoms with Gasteiger partial charge in [0.05, 0.1) is 0 Å². The molecule has 7 nitrogen and oxygen atoms in total. The van der Waals surface area contributed by atoms with E-state index in [0.717, 1.165) is 30.8 Å². The molecule has 0 aromatic heterocycles. The fourth-order valence-corrected chi connectivity index (χ4v) is 4.03. The molecule has 4 rings (SSSR count). The molecule has 2 saturated heterocycles. The van der Waals surface area contributed by atoms with Crippen LogP contribution in [0.4, 0.5) is 0 Å². The number of carbonyl (C=O) groups excluding carboxylic acids is 3. The second-order valence-corrected chi connectivity index (χ2v) is 7.32. The van der Waals surface area contributed by atoms with E-state index < -0.39 is 6.04 Å². The molecule has 3 heterocycles. The van der Waals surface area contributed by atoms with Gasteiger partial charge < -0.3 is 15.5 Å². The number of fused-ring (bicyclic) bond motifs is 1. The Bertz CT molecular complexity index is 742. The Morgan fingerprint density at radius 2 is 2.08 bits per heavy atom. The fraction of sp³-hybridized carbons (Fsp3) is 0.526. The van der Waals surface area contributed by atoms with Crippen LogP contribution in [-0.2, 0) is 22.7 Å². The number of rotatable bonds is 5. The second kappa shape index (κ2) is 7.17. The number of nitrogens with one attached hydrogen (secondary N) is 3. The molecular formula is C19H24N4O3. The summed E-state index contributed by atoms with van der Waals surface area (Å²) in [5, 5.41) is 9.23. The maximum atomic E-state index is 12.8. The molecule has 0 radical (unpaired) electrons. The molecule has 3 aliphatic heterocycles. The van der Waals surface area contributed by atoms with Crippen molar-refractivity contribution in [1.82, 2.24) is 20.9 Å². The molecule has 2 fully saturated rings. The van der Waals surface area contributed by atoms with Gasteiger partial charge in [-0.25, -0.2) is 0 Å². The Balaban J connectivity index is 1.40. The zero-order valence-corrected chi connectivity index (χ0v) is 14.7. The zero-order chi connectivity index (χ0) is 18.1. The van der Waals surface area contributed by atoms with Crippen LogP contribution < -0.4 is 16.0 Å². The van der Waals surface area contributed by atoms with E-state index >= 15 is 0 Å². The standard InChI is InChI=1S/C19H24N4O3/c24-17-6-5-16(18(25)22-17)23-11-13-4-3-12(8-15(13)19(23)26)9-20-10-14-2-1-7-21-14/h3-4,8,14,16,20-21H,1-2,5-7,9-11H2,(H,22,24,25)/t14-,16?/m1/s1. The minimum atomic E-state index is -0.553. The molecule has 3 amide bonds. The van der Waals surface area contributed by atoms with Crippen LogP contribution in [0.2, 0.25) is 0 Å². The maximum absolute atomic E-state index is 12.8. The predicted octanol–water partition coefficient (Wildman–Crippen LogP) is 0.289. The molecular weight excluding hydrogens is 332 g/mol. The van der Waals surface area contributed by atoms with E-state index in [-0.39, 0.29) is 24.1 Å².